The maximum atomic E-state index is 11.3. The highest BCUT2D eigenvalue weighted by Gasteiger charge is 2.29. The van der Waals surface area contributed by atoms with E-state index < -0.39 is 12.0 Å². The number of carbonyl (C=O) groups is 1. The third-order valence-corrected chi connectivity index (χ3v) is 3.09. The summed E-state index contributed by atoms with van der Waals surface area (Å²) in [6.45, 7) is 7.04. The number of aliphatic carboxylic acids is 1. The van der Waals surface area contributed by atoms with E-state index in [0.29, 0.717) is 29.2 Å². The van der Waals surface area contributed by atoms with Gasteiger partial charge in [-0.2, -0.15) is 0 Å². The molecule has 0 aromatic carbocycles. The molecular weight excluding hydrogens is 274 g/mol. The standard InChI is InChI=1S/C10H16BrN3O2/c1-4-14(5-2)8(10(15)16)7-9(11)13-6(3)12-7/h8H,4-5H2,1-3H3,(H,12,13)(H,15,16). The molecule has 0 aliphatic carbocycles. The van der Waals surface area contributed by atoms with Gasteiger partial charge in [-0.25, -0.2) is 4.98 Å². The largest absolute Gasteiger partial charge is 0.480 e. The Kier molecular flexibility index (Phi) is 4.49. The van der Waals surface area contributed by atoms with E-state index in [0.717, 1.165) is 0 Å². The van der Waals surface area contributed by atoms with Crippen molar-refractivity contribution in [2.75, 3.05) is 13.1 Å². The number of hydrogen-bond acceptors (Lipinski definition) is 3. The smallest absolute Gasteiger partial charge is 0.327 e. The molecule has 0 radical (unpaired) electrons. The van der Waals surface area contributed by atoms with Crippen LogP contribution in [-0.4, -0.2) is 39.0 Å². The van der Waals surface area contributed by atoms with Gasteiger partial charge in [-0.15, -0.1) is 0 Å². The van der Waals surface area contributed by atoms with E-state index in [2.05, 4.69) is 25.9 Å². The Labute approximate surface area is 103 Å². The fourth-order valence-electron chi connectivity index (χ4n) is 1.71. The number of imidazole rings is 1. The van der Waals surface area contributed by atoms with Crippen LogP contribution in [0, 0.1) is 6.92 Å². The monoisotopic (exact) mass is 289 g/mol. The predicted octanol–water partition coefficient (Wildman–Crippen LogP) is 1.95. The zero-order valence-electron chi connectivity index (χ0n) is 9.62. The molecule has 0 saturated heterocycles. The van der Waals surface area contributed by atoms with Crippen LogP contribution in [0.5, 0.6) is 0 Å². The van der Waals surface area contributed by atoms with Gasteiger partial charge in [0.1, 0.15) is 10.4 Å². The Morgan fingerprint density at radius 2 is 2.12 bits per heavy atom. The molecule has 1 aromatic rings. The maximum Gasteiger partial charge on any atom is 0.327 e. The molecule has 0 spiro atoms. The lowest BCUT2D eigenvalue weighted by Crippen LogP contribution is -2.34. The highest BCUT2D eigenvalue weighted by atomic mass is 79.9. The van der Waals surface area contributed by atoms with Crippen LogP contribution in [0.25, 0.3) is 0 Å². The minimum atomic E-state index is -0.868. The van der Waals surface area contributed by atoms with Crippen LogP contribution in [-0.2, 0) is 4.79 Å². The van der Waals surface area contributed by atoms with E-state index in [1.807, 2.05) is 18.7 Å². The van der Waals surface area contributed by atoms with E-state index >= 15 is 0 Å². The summed E-state index contributed by atoms with van der Waals surface area (Å²) in [5.41, 5.74) is 0.605. The molecule has 0 amide bonds. The minimum Gasteiger partial charge on any atom is -0.480 e. The van der Waals surface area contributed by atoms with Gasteiger partial charge in [-0.3, -0.25) is 9.69 Å². The van der Waals surface area contributed by atoms with Crippen molar-refractivity contribution in [2.45, 2.75) is 26.8 Å². The first-order chi connectivity index (χ1) is 7.51. The summed E-state index contributed by atoms with van der Waals surface area (Å²) in [4.78, 5) is 20.3. The van der Waals surface area contributed by atoms with Crippen LogP contribution in [0.2, 0.25) is 0 Å². The Morgan fingerprint density at radius 3 is 2.44 bits per heavy atom. The number of rotatable bonds is 5. The van der Waals surface area contributed by atoms with Crippen molar-refractivity contribution >= 4 is 21.9 Å². The number of carboxylic acid groups (broad SMARTS) is 1. The van der Waals surface area contributed by atoms with Gasteiger partial charge in [0.05, 0.1) is 5.69 Å². The number of aromatic amines is 1. The Bertz CT molecular complexity index is 374. The Hall–Kier alpha value is -0.880. The number of halogens is 1. The zero-order valence-corrected chi connectivity index (χ0v) is 11.2. The highest BCUT2D eigenvalue weighted by Crippen LogP contribution is 2.26. The van der Waals surface area contributed by atoms with E-state index in [-0.39, 0.29) is 0 Å². The summed E-state index contributed by atoms with van der Waals surface area (Å²) in [6, 6.07) is -0.675. The van der Waals surface area contributed by atoms with Crippen molar-refractivity contribution in [3.63, 3.8) is 0 Å². The topological polar surface area (TPSA) is 69.2 Å². The molecule has 5 nitrogen and oxygen atoms in total. The molecule has 1 unspecified atom stereocenters. The van der Waals surface area contributed by atoms with Gasteiger partial charge < -0.3 is 10.1 Å². The minimum absolute atomic E-state index is 0.573. The molecule has 1 aromatic heterocycles. The zero-order chi connectivity index (χ0) is 12.3. The molecule has 1 atom stereocenters. The van der Waals surface area contributed by atoms with E-state index in [4.69, 9.17) is 0 Å². The number of carboxylic acids is 1. The summed E-state index contributed by atoms with van der Waals surface area (Å²) in [5, 5.41) is 9.28. The highest BCUT2D eigenvalue weighted by molar-refractivity contribution is 9.10. The molecular formula is C10H16BrN3O2. The van der Waals surface area contributed by atoms with Crippen LogP contribution < -0.4 is 0 Å². The van der Waals surface area contributed by atoms with E-state index in [9.17, 15) is 9.90 Å². The molecule has 1 rings (SSSR count). The molecule has 2 N–H and O–H groups in total. The number of nitrogens with one attached hydrogen (secondary N) is 1. The molecule has 0 saturated carbocycles. The number of nitrogens with zero attached hydrogens (tertiary/aromatic N) is 2. The van der Waals surface area contributed by atoms with Crippen LogP contribution in [0.1, 0.15) is 31.4 Å². The number of H-pyrrole nitrogens is 1. The fraction of sp³-hybridized carbons (Fsp3) is 0.600. The number of likely N-dealkylation sites (N-methyl/N-ethyl adjacent to an activating group) is 1. The second-order valence-electron chi connectivity index (χ2n) is 3.49. The van der Waals surface area contributed by atoms with Crippen molar-refractivity contribution in [1.29, 1.82) is 0 Å². The van der Waals surface area contributed by atoms with Gasteiger partial charge in [0.2, 0.25) is 0 Å². The van der Waals surface area contributed by atoms with Gasteiger partial charge in [0, 0.05) is 0 Å². The molecule has 0 aliphatic heterocycles. The van der Waals surface area contributed by atoms with Crippen molar-refractivity contribution in [1.82, 2.24) is 14.9 Å². The van der Waals surface area contributed by atoms with Crippen LogP contribution in [0.15, 0.2) is 4.60 Å². The van der Waals surface area contributed by atoms with Crippen LogP contribution >= 0.6 is 15.9 Å². The number of aromatic nitrogens is 2. The molecule has 16 heavy (non-hydrogen) atoms. The van der Waals surface area contributed by atoms with Crippen LogP contribution in [0.3, 0.4) is 0 Å². The Morgan fingerprint density at radius 1 is 1.56 bits per heavy atom. The first-order valence-corrected chi connectivity index (χ1v) is 5.99. The summed E-state index contributed by atoms with van der Waals surface area (Å²) in [5.74, 6) is -0.159. The lowest BCUT2D eigenvalue weighted by atomic mass is 10.2. The van der Waals surface area contributed by atoms with Gasteiger partial charge in [-0.1, -0.05) is 13.8 Å². The van der Waals surface area contributed by atoms with Crippen molar-refractivity contribution in [3.05, 3.63) is 16.1 Å². The van der Waals surface area contributed by atoms with Crippen molar-refractivity contribution < 1.29 is 9.90 Å². The fourth-order valence-corrected chi connectivity index (χ4v) is 2.30. The molecule has 0 bridgehead atoms. The second kappa shape index (κ2) is 5.45. The lowest BCUT2D eigenvalue weighted by Gasteiger charge is -2.25. The maximum absolute atomic E-state index is 11.3. The summed E-state index contributed by atoms with van der Waals surface area (Å²) in [6.07, 6.45) is 0. The molecule has 0 fully saturated rings. The predicted molar refractivity (Wildman–Crippen MR) is 64.3 cm³/mol. The molecule has 6 heteroatoms. The van der Waals surface area contributed by atoms with Crippen LogP contribution in [0.4, 0.5) is 0 Å². The van der Waals surface area contributed by atoms with Gasteiger partial charge in [0.15, 0.2) is 6.04 Å². The molecule has 1 heterocycles. The van der Waals surface area contributed by atoms with Crippen molar-refractivity contribution in [3.8, 4) is 0 Å². The average molecular weight is 290 g/mol. The number of hydrogen-bond donors (Lipinski definition) is 2. The first kappa shape index (κ1) is 13.2. The van der Waals surface area contributed by atoms with Gasteiger partial charge >= 0.3 is 5.97 Å². The SMILES string of the molecule is CCN(CC)C(C(=O)O)c1[nH]c(C)nc1Br. The quantitative estimate of drug-likeness (QED) is 0.869. The third kappa shape index (κ3) is 2.62. The summed E-state index contributed by atoms with van der Waals surface area (Å²) in [7, 11) is 0. The van der Waals surface area contributed by atoms with E-state index in [1.165, 1.54) is 0 Å². The Balaban J connectivity index is 3.11. The average Bonchev–Trinajstić information content (AvgIpc) is 2.53. The third-order valence-electron chi connectivity index (χ3n) is 2.49. The van der Waals surface area contributed by atoms with Gasteiger partial charge in [-0.05, 0) is 35.9 Å². The van der Waals surface area contributed by atoms with Gasteiger partial charge in [0.25, 0.3) is 0 Å². The lowest BCUT2D eigenvalue weighted by molar-refractivity contribution is -0.143. The van der Waals surface area contributed by atoms with Crippen molar-refractivity contribution in [2.24, 2.45) is 0 Å². The normalized spacial score (nSPS) is 13.1. The van der Waals surface area contributed by atoms with E-state index in [1.54, 1.807) is 6.92 Å². The second-order valence-corrected chi connectivity index (χ2v) is 4.24. The first-order valence-electron chi connectivity index (χ1n) is 5.20. The summed E-state index contributed by atoms with van der Waals surface area (Å²) < 4.78 is 0.573. The molecule has 0 aliphatic rings. The molecule has 90 valence electrons. The summed E-state index contributed by atoms with van der Waals surface area (Å²) >= 11 is 3.28. The number of aryl methyl sites for hydroxylation is 1.